The second kappa shape index (κ2) is 11.5. The molecule has 0 aromatic rings. The monoisotopic (exact) mass is 500 g/mol. The van der Waals surface area contributed by atoms with E-state index in [2.05, 4.69) is 27.7 Å². The molecule has 2 saturated carbocycles. The van der Waals surface area contributed by atoms with Gasteiger partial charge in [-0.2, -0.15) is 0 Å². The maximum absolute atomic E-state index is 15.7. The number of carbonyl (C=O) groups excluding carboxylic acids is 1. The van der Waals surface area contributed by atoms with Crippen LogP contribution in [0.1, 0.15) is 100 Å². The van der Waals surface area contributed by atoms with E-state index in [1.54, 1.807) is 19.9 Å². The summed E-state index contributed by atoms with van der Waals surface area (Å²) in [7, 11) is -1.85. The number of esters is 1. The largest absolute Gasteiger partial charge is 0.463 e. The Bertz CT molecular complexity index is 708. The first-order valence-corrected chi connectivity index (χ1v) is 16.3. The molecule has 0 saturated heterocycles. The normalized spacial score (nSPS) is 28.1. The topological polar surface area (TPSA) is 35.5 Å². The Labute approximate surface area is 208 Å². The van der Waals surface area contributed by atoms with E-state index in [9.17, 15) is 4.79 Å². The van der Waals surface area contributed by atoms with E-state index in [1.807, 2.05) is 13.8 Å². The van der Waals surface area contributed by atoms with Gasteiger partial charge in [0.1, 0.15) is 0 Å². The molecule has 0 bridgehead atoms. The molecular formula is C28H50F2O3Si. The first-order valence-electron chi connectivity index (χ1n) is 13.7. The molecule has 0 amide bonds. The van der Waals surface area contributed by atoms with Crippen LogP contribution in [0, 0.1) is 23.2 Å². The van der Waals surface area contributed by atoms with Crippen LogP contribution < -0.4 is 0 Å². The molecule has 0 unspecified atom stereocenters. The number of carbonyl (C=O) groups is 1. The minimum atomic E-state index is -2.74. The minimum absolute atomic E-state index is 0.0437. The highest BCUT2D eigenvalue weighted by Crippen LogP contribution is 2.61. The van der Waals surface area contributed by atoms with E-state index >= 15 is 8.78 Å². The summed E-state index contributed by atoms with van der Waals surface area (Å²) in [6.07, 6.45) is 6.36. The van der Waals surface area contributed by atoms with Gasteiger partial charge in [0.05, 0.1) is 12.2 Å². The third kappa shape index (κ3) is 6.51. The van der Waals surface area contributed by atoms with Crippen LogP contribution in [0.15, 0.2) is 11.6 Å². The van der Waals surface area contributed by atoms with E-state index in [0.29, 0.717) is 13.0 Å². The molecule has 0 aromatic heterocycles. The number of alkyl halides is 2. The molecule has 34 heavy (non-hydrogen) atoms. The van der Waals surface area contributed by atoms with Crippen LogP contribution in [0.5, 0.6) is 0 Å². The van der Waals surface area contributed by atoms with Crippen molar-refractivity contribution in [2.45, 2.75) is 130 Å². The van der Waals surface area contributed by atoms with Crippen LogP contribution in [0.25, 0.3) is 0 Å². The van der Waals surface area contributed by atoms with Gasteiger partial charge in [-0.3, -0.25) is 0 Å². The van der Waals surface area contributed by atoms with Gasteiger partial charge in [-0.1, -0.05) is 40.2 Å². The summed E-state index contributed by atoms with van der Waals surface area (Å²) < 4.78 is 43.1. The molecule has 0 radical (unpaired) electrons. The zero-order valence-electron chi connectivity index (χ0n) is 23.1. The lowest BCUT2D eigenvalue weighted by Crippen LogP contribution is -2.46. The third-order valence-electron chi connectivity index (χ3n) is 9.38. The van der Waals surface area contributed by atoms with Crippen molar-refractivity contribution in [3.63, 3.8) is 0 Å². The Balaban J connectivity index is 2.12. The molecule has 0 aromatic carbocycles. The summed E-state index contributed by atoms with van der Waals surface area (Å²) in [5.74, 6) is -3.56. The number of rotatable bonds is 12. The lowest BCUT2D eigenvalue weighted by atomic mass is 9.60. The Kier molecular flexibility index (Phi) is 10.00. The van der Waals surface area contributed by atoms with Crippen molar-refractivity contribution < 1.29 is 22.7 Å². The SMILES string of the molecule is CCOC(=O)/C=C1\CCC[C@]2(C)[C@@H]([C@H](C)C(F)(F)CCC(C)(C)O[Si](CC)(CC)CC)CC[C@@H]12. The molecule has 2 fully saturated rings. The van der Waals surface area contributed by atoms with Crippen molar-refractivity contribution in [1.29, 1.82) is 0 Å². The van der Waals surface area contributed by atoms with E-state index in [1.165, 1.54) is 0 Å². The highest BCUT2D eigenvalue weighted by Gasteiger charge is 2.55. The van der Waals surface area contributed by atoms with Crippen molar-refractivity contribution in [3.05, 3.63) is 11.6 Å². The lowest BCUT2D eigenvalue weighted by molar-refractivity contribution is -0.137. The van der Waals surface area contributed by atoms with Crippen LogP contribution in [-0.2, 0) is 14.0 Å². The fraction of sp³-hybridized carbons (Fsp3) is 0.893. The van der Waals surface area contributed by atoms with Gasteiger partial charge in [0, 0.05) is 18.4 Å². The fourth-order valence-corrected chi connectivity index (χ4v) is 10.2. The zero-order valence-corrected chi connectivity index (χ0v) is 24.1. The summed E-state index contributed by atoms with van der Waals surface area (Å²) in [6, 6.07) is 3.08. The average molecular weight is 501 g/mol. The number of halogens is 2. The second-order valence-electron chi connectivity index (χ2n) is 11.7. The maximum Gasteiger partial charge on any atom is 0.330 e. The summed E-state index contributed by atoms with van der Waals surface area (Å²) >= 11 is 0. The molecule has 0 aliphatic heterocycles. The molecule has 6 heteroatoms. The van der Waals surface area contributed by atoms with Crippen LogP contribution in [-0.4, -0.2) is 32.4 Å². The molecule has 0 heterocycles. The first kappa shape index (κ1) is 29.5. The lowest BCUT2D eigenvalue weighted by Gasteiger charge is -2.46. The quantitative estimate of drug-likeness (QED) is 0.153. The average Bonchev–Trinajstić information content (AvgIpc) is 3.14. The minimum Gasteiger partial charge on any atom is -0.463 e. The molecule has 2 rings (SSSR count). The van der Waals surface area contributed by atoms with Crippen molar-refractivity contribution in [3.8, 4) is 0 Å². The van der Waals surface area contributed by atoms with Crippen LogP contribution in [0.3, 0.4) is 0 Å². The van der Waals surface area contributed by atoms with Gasteiger partial charge in [0.25, 0.3) is 5.92 Å². The van der Waals surface area contributed by atoms with Crippen molar-refractivity contribution in [2.24, 2.45) is 23.2 Å². The highest BCUT2D eigenvalue weighted by atomic mass is 28.4. The predicted octanol–water partition coefficient (Wildman–Crippen LogP) is 8.54. The molecular weight excluding hydrogens is 450 g/mol. The molecule has 3 nitrogen and oxygen atoms in total. The van der Waals surface area contributed by atoms with Gasteiger partial charge < -0.3 is 9.16 Å². The van der Waals surface area contributed by atoms with Crippen LogP contribution in [0.4, 0.5) is 8.78 Å². The fourth-order valence-electron chi connectivity index (χ4n) is 7.00. The number of fused-ring (bicyclic) bond motifs is 1. The van der Waals surface area contributed by atoms with Gasteiger partial charge >= 0.3 is 5.97 Å². The standard InChI is InChI=1S/C28H50F2O3Si/c1-9-32-25(31)20-22-14-13-17-27(8)23(15-16-24(22)27)21(5)28(29,30)19-18-26(6,7)33-34(10-2,11-3)12-4/h20-21,23-24H,9-19H2,1-8H3/b22-20+/t21-,23+,24-,27+/m0/s1. The molecule has 2 aliphatic rings. The number of allylic oxidation sites excluding steroid dienone is 1. The summed E-state index contributed by atoms with van der Waals surface area (Å²) in [6.45, 7) is 16.6. The van der Waals surface area contributed by atoms with Crippen molar-refractivity contribution >= 4 is 14.3 Å². The smallest absolute Gasteiger partial charge is 0.330 e. The van der Waals surface area contributed by atoms with Crippen molar-refractivity contribution in [1.82, 2.24) is 0 Å². The summed E-state index contributed by atoms with van der Waals surface area (Å²) in [5.41, 5.74) is 0.403. The van der Waals surface area contributed by atoms with E-state index in [4.69, 9.17) is 9.16 Å². The van der Waals surface area contributed by atoms with Gasteiger partial charge in [-0.05, 0) is 94.7 Å². The summed E-state index contributed by atoms with van der Waals surface area (Å²) in [4.78, 5) is 12.1. The Morgan fingerprint density at radius 2 is 1.76 bits per heavy atom. The molecule has 2 aliphatic carbocycles. The first-order chi connectivity index (χ1) is 15.8. The van der Waals surface area contributed by atoms with Gasteiger partial charge in [0.15, 0.2) is 8.32 Å². The molecule has 4 atom stereocenters. The summed E-state index contributed by atoms with van der Waals surface area (Å²) in [5, 5.41) is 0. The maximum atomic E-state index is 15.7. The Morgan fingerprint density at radius 1 is 1.15 bits per heavy atom. The number of hydrogen-bond donors (Lipinski definition) is 0. The second-order valence-corrected chi connectivity index (χ2v) is 16.4. The highest BCUT2D eigenvalue weighted by molar-refractivity contribution is 6.73. The van der Waals surface area contributed by atoms with Gasteiger partial charge in [-0.15, -0.1) is 0 Å². The number of hydrogen-bond acceptors (Lipinski definition) is 3. The van der Waals surface area contributed by atoms with E-state index in [-0.39, 0.29) is 29.6 Å². The molecule has 198 valence electrons. The Morgan fingerprint density at radius 3 is 2.32 bits per heavy atom. The Hall–Kier alpha value is -0.753. The van der Waals surface area contributed by atoms with E-state index in [0.717, 1.165) is 55.8 Å². The van der Waals surface area contributed by atoms with Gasteiger partial charge in [-0.25, -0.2) is 13.6 Å². The molecule has 0 spiro atoms. The van der Waals surface area contributed by atoms with Gasteiger partial charge in [0.2, 0.25) is 0 Å². The van der Waals surface area contributed by atoms with Crippen LogP contribution >= 0.6 is 0 Å². The predicted molar refractivity (Wildman–Crippen MR) is 139 cm³/mol. The molecule has 0 N–H and O–H groups in total. The number of ether oxygens (including phenoxy) is 1. The van der Waals surface area contributed by atoms with Crippen LogP contribution in [0.2, 0.25) is 18.1 Å². The van der Waals surface area contributed by atoms with Crippen molar-refractivity contribution in [2.75, 3.05) is 6.61 Å². The zero-order chi connectivity index (χ0) is 25.8. The van der Waals surface area contributed by atoms with E-state index < -0.39 is 25.8 Å². The third-order valence-corrected chi connectivity index (χ3v) is 14.2.